The number of fused-ring (bicyclic) bond motifs is 1. The van der Waals surface area contributed by atoms with Crippen molar-refractivity contribution >= 4 is 12.0 Å². The number of carboxylic acid groups (broad SMARTS) is 1. The number of carboxylic acids is 1. The summed E-state index contributed by atoms with van der Waals surface area (Å²) >= 11 is 0. The minimum absolute atomic E-state index is 0.285. The number of urea groups is 1. The molecule has 0 saturated carbocycles. The van der Waals surface area contributed by atoms with E-state index in [9.17, 15) is 9.59 Å². The molecule has 0 aliphatic carbocycles. The summed E-state index contributed by atoms with van der Waals surface area (Å²) in [6.07, 6.45) is -0.786. The van der Waals surface area contributed by atoms with Crippen LogP contribution in [-0.4, -0.2) is 46.3 Å². The lowest BCUT2D eigenvalue weighted by molar-refractivity contribution is -0.146. The number of hydrogen-bond acceptors (Lipinski definition) is 3. The fourth-order valence-corrected chi connectivity index (χ4v) is 2.05. The average Bonchev–Trinajstić information content (AvgIpc) is 2.43. The third kappa shape index (κ3) is 3.23. The molecule has 0 bridgehead atoms. The van der Waals surface area contributed by atoms with E-state index in [2.05, 4.69) is 5.32 Å². The molecule has 1 aromatic carbocycles. The molecule has 3 N–H and O–H groups in total. The molecule has 0 radical (unpaired) electrons. The summed E-state index contributed by atoms with van der Waals surface area (Å²) in [5, 5.41) is 20.0. The van der Waals surface area contributed by atoms with Crippen molar-refractivity contribution in [1.82, 2.24) is 10.2 Å². The second-order valence-corrected chi connectivity index (χ2v) is 4.48. The van der Waals surface area contributed by atoms with Crippen LogP contribution in [0, 0.1) is 0 Å². The normalized spacial score (nSPS) is 15.5. The third-order valence-corrected chi connectivity index (χ3v) is 3.15. The number of benzene rings is 1. The third-order valence-electron chi connectivity index (χ3n) is 3.15. The van der Waals surface area contributed by atoms with Gasteiger partial charge in [0.25, 0.3) is 0 Å². The average molecular weight is 264 g/mol. The zero-order valence-electron chi connectivity index (χ0n) is 10.4. The molecule has 6 nitrogen and oxygen atoms in total. The topological polar surface area (TPSA) is 89.9 Å². The number of hydrogen-bond donors (Lipinski definition) is 3. The molecule has 1 unspecified atom stereocenters. The van der Waals surface area contributed by atoms with E-state index in [1.54, 1.807) is 4.90 Å². The Labute approximate surface area is 110 Å². The van der Waals surface area contributed by atoms with Gasteiger partial charge >= 0.3 is 12.0 Å². The highest BCUT2D eigenvalue weighted by molar-refractivity contribution is 5.77. The maximum Gasteiger partial charge on any atom is 0.334 e. The van der Waals surface area contributed by atoms with Gasteiger partial charge in [-0.15, -0.1) is 0 Å². The molecular weight excluding hydrogens is 248 g/mol. The highest BCUT2D eigenvalue weighted by atomic mass is 16.4. The Morgan fingerprint density at radius 2 is 2.00 bits per heavy atom. The maximum atomic E-state index is 11.8. The van der Waals surface area contributed by atoms with E-state index in [1.165, 1.54) is 5.56 Å². The largest absolute Gasteiger partial charge is 0.479 e. The quantitative estimate of drug-likeness (QED) is 0.727. The Kier molecular flexibility index (Phi) is 4.01. The molecule has 0 spiro atoms. The van der Waals surface area contributed by atoms with Gasteiger partial charge in [-0.2, -0.15) is 0 Å². The fourth-order valence-electron chi connectivity index (χ4n) is 2.05. The summed E-state index contributed by atoms with van der Waals surface area (Å²) in [5.74, 6) is -1.34. The second kappa shape index (κ2) is 5.71. The van der Waals surface area contributed by atoms with Gasteiger partial charge in [-0.3, -0.25) is 0 Å². The Morgan fingerprint density at radius 1 is 1.32 bits per heavy atom. The van der Waals surface area contributed by atoms with Crippen LogP contribution in [0.25, 0.3) is 0 Å². The van der Waals surface area contributed by atoms with Crippen LogP contribution in [-0.2, 0) is 17.8 Å². The summed E-state index contributed by atoms with van der Waals surface area (Å²) in [4.78, 5) is 23.9. The number of aliphatic carboxylic acids is 1. The molecule has 0 fully saturated rings. The van der Waals surface area contributed by atoms with Gasteiger partial charge in [0.2, 0.25) is 0 Å². The van der Waals surface area contributed by atoms with Gasteiger partial charge in [0, 0.05) is 13.1 Å². The van der Waals surface area contributed by atoms with E-state index >= 15 is 0 Å². The smallest absolute Gasteiger partial charge is 0.334 e. The van der Waals surface area contributed by atoms with Crippen LogP contribution in [0.1, 0.15) is 11.1 Å². The van der Waals surface area contributed by atoms with Gasteiger partial charge in [0.1, 0.15) is 0 Å². The van der Waals surface area contributed by atoms with E-state index in [1.807, 2.05) is 24.3 Å². The van der Waals surface area contributed by atoms with Gasteiger partial charge in [0.15, 0.2) is 6.10 Å². The lowest BCUT2D eigenvalue weighted by Crippen LogP contribution is -2.46. The standard InChI is InChI=1S/C13H16N2O4/c16-11(12(17)18)7-14-13(19)15-6-5-9-3-1-2-4-10(9)8-15/h1-4,11,16H,5-8H2,(H,14,19)(H,17,18). The first-order valence-corrected chi connectivity index (χ1v) is 6.08. The number of carbonyl (C=O) groups is 2. The summed E-state index contributed by atoms with van der Waals surface area (Å²) in [7, 11) is 0. The molecular formula is C13H16N2O4. The van der Waals surface area contributed by atoms with Crippen molar-refractivity contribution in [1.29, 1.82) is 0 Å². The van der Waals surface area contributed by atoms with Gasteiger partial charge in [-0.05, 0) is 17.5 Å². The van der Waals surface area contributed by atoms with Crippen molar-refractivity contribution in [3.8, 4) is 0 Å². The van der Waals surface area contributed by atoms with Crippen LogP contribution >= 0.6 is 0 Å². The Bertz CT molecular complexity index is 489. The van der Waals surface area contributed by atoms with Gasteiger partial charge in [-0.25, -0.2) is 9.59 Å². The summed E-state index contributed by atoms with van der Waals surface area (Å²) in [6, 6.07) is 7.56. The molecule has 1 aliphatic heterocycles. The van der Waals surface area contributed by atoms with Crippen LogP contribution in [0.15, 0.2) is 24.3 Å². The zero-order valence-corrected chi connectivity index (χ0v) is 10.4. The lowest BCUT2D eigenvalue weighted by atomic mass is 10.0. The van der Waals surface area contributed by atoms with E-state index in [-0.39, 0.29) is 12.6 Å². The number of aliphatic hydroxyl groups excluding tert-OH is 1. The van der Waals surface area contributed by atoms with Crippen molar-refractivity contribution in [2.45, 2.75) is 19.1 Å². The van der Waals surface area contributed by atoms with Crippen LogP contribution < -0.4 is 5.32 Å². The van der Waals surface area contributed by atoms with E-state index in [0.717, 1.165) is 12.0 Å². The Morgan fingerprint density at radius 3 is 2.68 bits per heavy atom. The monoisotopic (exact) mass is 264 g/mol. The number of aliphatic hydroxyl groups is 1. The minimum Gasteiger partial charge on any atom is -0.479 e. The Hall–Kier alpha value is -2.08. The predicted molar refractivity (Wildman–Crippen MR) is 67.6 cm³/mol. The minimum atomic E-state index is -1.57. The Balaban J connectivity index is 1.90. The van der Waals surface area contributed by atoms with Gasteiger partial charge in [-0.1, -0.05) is 24.3 Å². The van der Waals surface area contributed by atoms with Gasteiger partial charge < -0.3 is 20.4 Å². The lowest BCUT2D eigenvalue weighted by Gasteiger charge is -2.29. The SMILES string of the molecule is O=C(O)C(O)CNC(=O)N1CCc2ccccc2C1. The van der Waals surface area contributed by atoms with Crippen molar-refractivity contribution in [3.63, 3.8) is 0 Å². The van der Waals surface area contributed by atoms with Crippen molar-refractivity contribution < 1.29 is 19.8 Å². The second-order valence-electron chi connectivity index (χ2n) is 4.48. The number of carbonyl (C=O) groups excluding carboxylic acids is 1. The number of nitrogens with zero attached hydrogens (tertiary/aromatic N) is 1. The molecule has 6 heteroatoms. The van der Waals surface area contributed by atoms with Gasteiger partial charge in [0.05, 0.1) is 6.54 Å². The molecule has 1 atom stereocenters. The molecule has 0 saturated heterocycles. The first kappa shape index (κ1) is 13.4. The first-order valence-electron chi connectivity index (χ1n) is 6.08. The van der Waals surface area contributed by atoms with Crippen molar-refractivity contribution in [2.24, 2.45) is 0 Å². The highest BCUT2D eigenvalue weighted by Crippen LogP contribution is 2.18. The molecule has 2 rings (SSSR count). The maximum absolute atomic E-state index is 11.8. The van der Waals surface area contributed by atoms with Crippen LogP contribution in [0.4, 0.5) is 4.79 Å². The van der Waals surface area contributed by atoms with E-state index in [4.69, 9.17) is 10.2 Å². The van der Waals surface area contributed by atoms with Crippen LogP contribution in [0.3, 0.4) is 0 Å². The van der Waals surface area contributed by atoms with E-state index in [0.29, 0.717) is 13.1 Å². The number of amides is 2. The molecule has 1 heterocycles. The molecule has 102 valence electrons. The summed E-state index contributed by atoms with van der Waals surface area (Å²) < 4.78 is 0. The van der Waals surface area contributed by atoms with Crippen molar-refractivity contribution in [3.05, 3.63) is 35.4 Å². The predicted octanol–water partition coefficient (Wildman–Crippen LogP) is 0.200. The number of rotatable bonds is 3. The molecule has 1 aromatic rings. The van der Waals surface area contributed by atoms with Crippen molar-refractivity contribution in [2.75, 3.05) is 13.1 Å². The summed E-state index contributed by atoms with van der Waals surface area (Å²) in [6.45, 7) is 0.809. The molecule has 0 aromatic heterocycles. The van der Waals surface area contributed by atoms with Crippen LogP contribution in [0.2, 0.25) is 0 Å². The molecule has 2 amide bonds. The fraction of sp³-hybridized carbons (Fsp3) is 0.385. The van der Waals surface area contributed by atoms with E-state index < -0.39 is 12.1 Å². The molecule has 19 heavy (non-hydrogen) atoms. The highest BCUT2D eigenvalue weighted by Gasteiger charge is 2.21. The summed E-state index contributed by atoms with van der Waals surface area (Å²) in [5.41, 5.74) is 2.33. The first-order chi connectivity index (χ1) is 9.08. The molecule has 1 aliphatic rings. The number of nitrogens with one attached hydrogen (secondary N) is 1. The zero-order chi connectivity index (χ0) is 13.8. The van der Waals surface area contributed by atoms with Crippen LogP contribution in [0.5, 0.6) is 0 Å².